The number of nitrogens with zero attached hydrogens (tertiary/aromatic N) is 1. The first-order valence-electron chi connectivity index (χ1n) is 10.3. The third-order valence-electron chi connectivity index (χ3n) is 5.62. The van der Waals surface area contributed by atoms with E-state index in [0.717, 1.165) is 50.0 Å². The number of phenols is 1. The Morgan fingerprint density at radius 3 is 2.25 bits per heavy atom. The summed E-state index contributed by atoms with van der Waals surface area (Å²) in [5.74, 6) is 0.993. The number of phenolic OH excluding ortho intramolecular Hbond substituents is 1. The van der Waals surface area contributed by atoms with Crippen LogP contribution in [0.1, 0.15) is 0 Å². The largest absolute Gasteiger partial charge is 0.507 e. The topological polar surface area (TPSA) is 70.8 Å². The van der Waals surface area contributed by atoms with Crippen molar-refractivity contribution in [2.24, 2.45) is 0 Å². The summed E-state index contributed by atoms with van der Waals surface area (Å²) in [5.41, 5.74) is 13.1. The first kappa shape index (κ1) is 19.6. The fourth-order valence-electron chi connectivity index (χ4n) is 4.02. The predicted molar refractivity (Wildman–Crippen MR) is 133 cm³/mol. The van der Waals surface area contributed by atoms with Crippen LogP contribution in [0.25, 0.3) is 21.5 Å². The van der Waals surface area contributed by atoms with E-state index in [-0.39, 0.29) is 5.75 Å². The molecule has 5 heteroatoms. The van der Waals surface area contributed by atoms with E-state index in [0.29, 0.717) is 0 Å². The van der Waals surface area contributed by atoms with E-state index in [1.165, 1.54) is 0 Å². The highest BCUT2D eigenvalue weighted by Gasteiger charge is 2.17. The van der Waals surface area contributed by atoms with Crippen LogP contribution >= 0.6 is 0 Å². The van der Waals surface area contributed by atoms with Gasteiger partial charge in [-0.3, -0.25) is 10.4 Å². The van der Waals surface area contributed by atoms with E-state index in [2.05, 4.69) is 5.43 Å². The molecule has 0 amide bonds. The zero-order chi connectivity index (χ0) is 22.1. The maximum atomic E-state index is 10.7. The number of aromatic hydroxyl groups is 1. The second-order valence-corrected chi connectivity index (χ2v) is 7.55. The van der Waals surface area contributed by atoms with Crippen molar-refractivity contribution in [2.45, 2.75) is 0 Å². The van der Waals surface area contributed by atoms with Gasteiger partial charge < -0.3 is 15.6 Å². The molecular formula is C27H23N3O2. The van der Waals surface area contributed by atoms with Gasteiger partial charge in [0.05, 0.1) is 24.2 Å². The lowest BCUT2D eigenvalue weighted by atomic mass is 10.1. The van der Waals surface area contributed by atoms with E-state index in [4.69, 9.17) is 10.5 Å². The number of methoxy groups -OCH3 is 1. The smallest absolute Gasteiger partial charge is 0.125 e. The number of hydrazine groups is 1. The maximum absolute atomic E-state index is 10.7. The summed E-state index contributed by atoms with van der Waals surface area (Å²) in [6, 6.07) is 31.2. The Morgan fingerprint density at radius 2 is 1.50 bits per heavy atom. The van der Waals surface area contributed by atoms with Crippen molar-refractivity contribution in [1.29, 1.82) is 0 Å². The SMILES string of the molecule is COc1ccc(N(Nc2ccc(N)c3ccccc23)c2cccc3cccc(O)c23)cc1. The molecule has 0 unspecified atom stereocenters. The van der Waals surface area contributed by atoms with Crippen LogP contribution in [0.3, 0.4) is 0 Å². The summed E-state index contributed by atoms with van der Waals surface area (Å²) in [7, 11) is 1.65. The van der Waals surface area contributed by atoms with Gasteiger partial charge in [-0.2, -0.15) is 0 Å². The molecule has 0 heterocycles. The van der Waals surface area contributed by atoms with Gasteiger partial charge in [0, 0.05) is 21.8 Å². The summed E-state index contributed by atoms with van der Waals surface area (Å²) in [6.45, 7) is 0. The molecule has 5 rings (SSSR count). The molecule has 0 spiro atoms. The normalized spacial score (nSPS) is 10.9. The standard InChI is InChI=1S/C27H23N3O2/c1-32-20-14-12-19(13-15-20)30(25-10-4-6-18-7-5-11-26(31)27(18)25)29-24-17-16-23(28)21-8-2-3-9-22(21)24/h2-17,29,31H,28H2,1H3. The lowest BCUT2D eigenvalue weighted by Crippen LogP contribution is -2.25. The summed E-state index contributed by atoms with van der Waals surface area (Å²) in [4.78, 5) is 0. The van der Waals surface area contributed by atoms with E-state index in [1.807, 2.05) is 96.0 Å². The Bertz CT molecular complexity index is 1410. The Kier molecular flexibility index (Phi) is 4.92. The van der Waals surface area contributed by atoms with Gasteiger partial charge in [0.15, 0.2) is 0 Å². The van der Waals surface area contributed by atoms with Crippen LogP contribution < -0.4 is 20.9 Å². The molecule has 0 atom stereocenters. The molecular weight excluding hydrogens is 398 g/mol. The number of fused-ring (bicyclic) bond motifs is 2. The van der Waals surface area contributed by atoms with Crippen LogP contribution in [0.15, 0.2) is 97.1 Å². The number of anilines is 4. The lowest BCUT2D eigenvalue weighted by molar-refractivity contribution is 0.415. The van der Waals surface area contributed by atoms with Crippen LogP contribution in [0.5, 0.6) is 11.5 Å². The highest BCUT2D eigenvalue weighted by atomic mass is 16.5. The number of benzene rings is 5. The molecule has 0 radical (unpaired) electrons. The number of ether oxygens (including phenoxy) is 1. The zero-order valence-electron chi connectivity index (χ0n) is 17.6. The number of hydrogen-bond acceptors (Lipinski definition) is 5. The van der Waals surface area contributed by atoms with Crippen LogP contribution in [-0.2, 0) is 0 Å². The minimum Gasteiger partial charge on any atom is -0.507 e. The number of nitrogen functional groups attached to an aromatic ring is 1. The highest BCUT2D eigenvalue weighted by molar-refractivity contribution is 6.04. The van der Waals surface area contributed by atoms with Gasteiger partial charge in [0.25, 0.3) is 0 Å². The van der Waals surface area contributed by atoms with Crippen molar-refractivity contribution in [3.8, 4) is 11.5 Å². The fourth-order valence-corrected chi connectivity index (χ4v) is 4.02. The minimum atomic E-state index is 0.223. The molecule has 5 nitrogen and oxygen atoms in total. The summed E-state index contributed by atoms with van der Waals surface area (Å²) in [5, 5.41) is 16.4. The van der Waals surface area contributed by atoms with E-state index < -0.39 is 0 Å². The Morgan fingerprint density at radius 1 is 0.781 bits per heavy atom. The van der Waals surface area contributed by atoms with Crippen molar-refractivity contribution in [3.05, 3.63) is 97.1 Å². The van der Waals surface area contributed by atoms with Gasteiger partial charge in [-0.1, -0.05) is 48.5 Å². The van der Waals surface area contributed by atoms with E-state index >= 15 is 0 Å². The van der Waals surface area contributed by atoms with Crippen LogP contribution in [0.4, 0.5) is 22.7 Å². The van der Waals surface area contributed by atoms with Gasteiger partial charge in [-0.05, 0) is 53.9 Å². The lowest BCUT2D eigenvalue weighted by Gasteiger charge is -2.29. The van der Waals surface area contributed by atoms with Crippen molar-refractivity contribution in [1.82, 2.24) is 0 Å². The second-order valence-electron chi connectivity index (χ2n) is 7.55. The number of rotatable bonds is 5. The molecule has 0 aliphatic rings. The van der Waals surface area contributed by atoms with Crippen LogP contribution in [-0.4, -0.2) is 12.2 Å². The monoisotopic (exact) mass is 421 g/mol. The molecule has 0 aliphatic carbocycles. The minimum absolute atomic E-state index is 0.223. The maximum Gasteiger partial charge on any atom is 0.125 e. The molecule has 0 saturated carbocycles. The number of nitrogens with one attached hydrogen (secondary N) is 1. The Balaban J connectivity index is 1.71. The molecule has 158 valence electrons. The Hall–Kier alpha value is -4.38. The van der Waals surface area contributed by atoms with Gasteiger partial charge in [0.1, 0.15) is 11.5 Å². The zero-order valence-corrected chi connectivity index (χ0v) is 17.6. The van der Waals surface area contributed by atoms with E-state index in [1.54, 1.807) is 13.2 Å². The molecule has 32 heavy (non-hydrogen) atoms. The third kappa shape index (κ3) is 3.40. The van der Waals surface area contributed by atoms with Crippen molar-refractivity contribution >= 4 is 44.3 Å². The molecule has 0 fully saturated rings. The quantitative estimate of drug-likeness (QED) is 0.225. The van der Waals surface area contributed by atoms with Gasteiger partial charge in [0.2, 0.25) is 0 Å². The van der Waals surface area contributed by atoms with Gasteiger partial charge in [-0.25, -0.2) is 0 Å². The van der Waals surface area contributed by atoms with Gasteiger partial charge >= 0.3 is 0 Å². The van der Waals surface area contributed by atoms with Crippen LogP contribution in [0.2, 0.25) is 0 Å². The molecule has 5 aromatic rings. The molecule has 5 aromatic carbocycles. The molecule has 4 N–H and O–H groups in total. The summed E-state index contributed by atoms with van der Waals surface area (Å²) in [6.07, 6.45) is 0. The Labute approximate surface area is 186 Å². The van der Waals surface area contributed by atoms with Gasteiger partial charge in [-0.15, -0.1) is 0 Å². The van der Waals surface area contributed by atoms with Crippen LogP contribution in [0, 0.1) is 0 Å². The number of nitrogens with two attached hydrogens (primary N) is 1. The average molecular weight is 422 g/mol. The fraction of sp³-hybridized carbons (Fsp3) is 0.0370. The highest BCUT2D eigenvalue weighted by Crippen LogP contribution is 2.39. The second kappa shape index (κ2) is 8.04. The predicted octanol–water partition coefficient (Wildman–Crippen LogP) is 6.45. The van der Waals surface area contributed by atoms with E-state index in [9.17, 15) is 5.11 Å². The van der Waals surface area contributed by atoms with Crippen molar-refractivity contribution in [3.63, 3.8) is 0 Å². The first-order chi connectivity index (χ1) is 15.7. The van der Waals surface area contributed by atoms with Crippen molar-refractivity contribution < 1.29 is 9.84 Å². The molecule has 0 bridgehead atoms. The molecule has 0 aliphatic heterocycles. The van der Waals surface area contributed by atoms with Crippen molar-refractivity contribution in [2.75, 3.05) is 23.3 Å². The number of hydrogen-bond donors (Lipinski definition) is 3. The molecule has 0 saturated heterocycles. The first-order valence-corrected chi connectivity index (χ1v) is 10.3. The third-order valence-corrected chi connectivity index (χ3v) is 5.62. The average Bonchev–Trinajstić information content (AvgIpc) is 2.84. The summed E-state index contributed by atoms with van der Waals surface area (Å²) < 4.78 is 5.34. The molecule has 0 aromatic heterocycles. The summed E-state index contributed by atoms with van der Waals surface area (Å²) >= 11 is 0.